The lowest BCUT2D eigenvalue weighted by Crippen LogP contribution is -2.48. The predicted molar refractivity (Wildman–Crippen MR) is 91.3 cm³/mol. The Bertz CT molecular complexity index is 756. The summed E-state index contributed by atoms with van der Waals surface area (Å²) in [5, 5.41) is 20.6. The maximum absolute atomic E-state index is 11.9. The van der Waals surface area contributed by atoms with Crippen molar-refractivity contribution >= 4 is 12.1 Å². The predicted octanol–water partition coefficient (Wildman–Crippen LogP) is 2.36. The molecule has 130 valence electrons. The highest BCUT2D eigenvalue weighted by atomic mass is 16.5. The Kier molecular flexibility index (Phi) is 4.72. The van der Waals surface area contributed by atoms with Gasteiger partial charge < -0.3 is 20.3 Å². The van der Waals surface area contributed by atoms with E-state index in [4.69, 9.17) is 9.84 Å². The van der Waals surface area contributed by atoms with Gasteiger partial charge in [-0.15, -0.1) is 0 Å². The average Bonchev–Trinajstić information content (AvgIpc) is 2.91. The van der Waals surface area contributed by atoms with E-state index < -0.39 is 24.2 Å². The van der Waals surface area contributed by atoms with Gasteiger partial charge in [0.15, 0.2) is 6.04 Å². The summed E-state index contributed by atoms with van der Waals surface area (Å²) in [7, 11) is 0. The van der Waals surface area contributed by atoms with Gasteiger partial charge in [0, 0.05) is 5.92 Å². The van der Waals surface area contributed by atoms with E-state index in [1.54, 1.807) is 0 Å². The van der Waals surface area contributed by atoms with Crippen LogP contribution in [0.1, 0.15) is 24.0 Å². The maximum Gasteiger partial charge on any atom is 0.407 e. The van der Waals surface area contributed by atoms with Crippen LogP contribution in [0.15, 0.2) is 48.5 Å². The van der Waals surface area contributed by atoms with Gasteiger partial charge in [0.1, 0.15) is 6.61 Å². The van der Waals surface area contributed by atoms with Gasteiger partial charge in [-0.05, 0) is 29.2 Å². The Morgan fingerprint density at radius 3 is 2.08 bits per heavy atom. The van der Waals surface area contributed by atoms with Gasteiger partial charge in [-0.25, -0.2) is 9.59 Å². The summed E-state index contributed by atoms with van der Waals surface area (Å²) in [5.74, 6) is -1.42. The van der Waals surface area contributed by atoms with Crippen molar-refractivity contribution in [2.45, 2.75) is 25.0 Å². The molecule has 2 aromatic carbocycles. The molecule has 3 rings (SSSR count). The highest BCUT2D eigenvalue weighted by Crippen LogP contribution is 2.44. The molecule has 0 bridgehead atoms. The number of ether oxygens (including phenoxy) is 1. The normalized spacial score (nSPS) is 15.0. The molecule has 0 radical (unpaired) electrons. The molecule has 0 heterocycles. The number of aliphatic carboxylic acids is 1. The lowest BCUT2D eigenvalue weighted by Gasteiger charge is -2.18. The fourth-order valence-electron chi connectivity index (χ4n) is 3.16. The fourth-order valence-corrected chi connectivity index (χ4v) is 3.16. The second-order valence-electron chi connectivity index (χ2n) is 6.03. The smallest absolute Gasteiger partial charge is 0.407 e. The number of carbonyl (C=O) groups excluding carboxylic acids is 1. The number of nitrogens with one attached hydrogen (secondary N) is 1. The molecule has 1 aliphatic rings. The van der Waals surface area contributed by atoms with Crippen LogP contribution in [0.5, 0.6) is 0 Å². The number of carbonyl (C=O) groups is 2. The highest BCUT2D eigenvalue weighted by Gasteiger charge is 2.30. The third kappa shape index (κ3) is 3.34. The van der Waals surface area contributed by atoms with Crippen LogP contribution in [-0.2, 0) is 9.53 Å². The first kappa shape index (κ1) is 17.0. The minimum Gasteiger partial charge on any atom is -0.480 e. The molecule has 0 saturated heterocycles. The van der Waals surface area contributed by atoms with E-state index in [9.17, 15) is 14.7 Å². The largest absolute Gasteiger partial charge is 0.480 e. The van der Waals surface area contributed by atoms with Crippen molar-refractivity contribution in [3.63, 3.8) is 0 Å². The minimum atomic E-state index is -1.41. The summed E-state index contributed by atoms with van der Waals surface area (Å²) in [6.07, 6.45) is -2.09. The molecule has 1 unspecified atom stereocenters. The standard InChI is InChI=1S/C19H19NO5/c1-11(21)17(18(22)23)20-19(24)25-10-16-14-8-4-2-6-12(14)13-7-3-5-9-15(13)16/h2-9,11,16-17,21H,10H2,1H3,(H,20,24)(H,22,23)/t11?,17-/m1/s1. The summed E-state index contributed by atoms with van der Waals surface area (Å²) in [6, 6.07) is 14.4. The first-order valence-corrected chi connectivity index (χ1v) is 8.01. The minimum absolute atomic E-state index is 0.0893. The first-order chi connectivity index (χ1) is 12.0. The summed E-state index contributed by atoms with van der Waals surface area (Å²) >= 11 is 0. The molecule has 1 aliphatic carbocycles. The lowest BCUT2D eigenvalue weighted by molar-refractivity contribution is -0.142. The number of carboxylic acids is 1. The van der Waals surface area contributed by atoms with Crippen molar-refractivity contribution < 1.29 is 24.5 Å². The lowest BCUT2D eigenvalue weighted by atomic mass is 9.98. The molecule has 25 heavy (non-hydrogen) atoms. The summed E-state index contributed by atoms with van der Waals surface area (Å²) in [4.78, 5) is 23.0. The van der Waals surface area contributed by atoms with Gasteiger partial charge in [-0.1, -0.05) is 48.5 Å². The maximum atomic E-state index is 11.9. The molecule has 0 spiro atoms. The quantitative estimate of drug-likeness (QED) is 0.776. The zero-order chi connectivity index (χ0) is 18.0. The third-order valence-corrected chi connectivity index (χ3v) is 4.37. The topological polar surface area (TPSA) is 95.9 Å². The number of aliphatic hydroxyl groups excluding tert-OH is 1. The molecule has 6 heteroatoms. The van der Waals surface area contributed by atoms with Crippen LogP contribution in [-0.4, -0.2) is 41.0 Å². The van der Waals surface area contributed by atoms with Gasteiger partial charge in [-0.3, -0.25) is 0 Å². The SMILES string of the molecule is CC(O)[C@@H](NC(=O)OCC1c2ccccc2-c2ccccc21)C(=O)O. The van der Waals surface area contributed by atoms with Crippen molar-refractivity contribution in [1.29, 1.82) is 0 Å². The van der Waals surface area contributed by atoms with Crippen LogP contribution in [0.3, 0.4) is 0 Å². The Hall–Kier alpha value is -2.86. The molecule has 2 aromatic rings. The number of hydrogen-bond donors (Lipinski definition) is 3. The Morgan fingerprint density at radius 2 is 1.60 bits per heavy atom. The zero-order valence-electron chi connectivity index (χ0n) is 13.7. The van der Waals surface area contributed by atoms with Crippen LogP contribution in [0.4, 0.5) is 4.79 Å². The molecule has 3 N–H and O–H groups in total. The van der Waals surface area contributed by atoms with Crippen LogP contribution in [0.25, 0.3) is 11.1 Å². The summed E-state index contributed by atoms with van der Waals surface area (Å²) in [5.41, 5.74) is 4.36. The number of carboxylic acid groups (broad SMARTS) is 1. The van der Waals surface area contributed by atoms with E-state index in [1.165, 1.54) is 6.92 Å². The van der Waals surface area contributed by atoms with Crippen molar-refractivity contribution in [3.05, 3.63) is 59.7 Å². The van der Waals surface area contributed by atoms with Crippen molar-refractivity contribution in [2.75, 3.05) is 6.61 Å². The second-order valence-corrected chi connectivity index (χ2v) is 6.03. The molecular weight excluding hydrogens is 322 g/mol. The third-order valence-electron chi connectivity index (χ3n) is 4.37. The van der Waals surface area contributed by atoms with E-state index in [0.717, 1.165) is 22.3 Å². The summed E-state index contributed by atoms with van der Waals surface area (Å²) in [6.45, 7) is 1.38. The van der Waals surface area contributed by atoms with Crippen LogP contribution >= 0.6 is 0 Å². The van der Waals surface area contributed by atoms with Gasteiger partial charge >= 0.3 is 12.1 Å². The molecule has 6 nitrogen and oxygen atoms in total. The Balaban J connectivity index is 1.73. The average molecular weight is 341 g/mol. The van der Waals surface area contributed by atoms with Gasteiger partial charge in [0.05, 0.1) is 6.10 Å². The van der Waals surface area contributed by atoms with Crippen molar-refractivity contribution in [1.82, 2.24) is 5.32 Å². The molecule has 0 fully saturated rings. The van der Waals surface area contributed by atoms with E-state index in [2.05, 4.69) is 5.32 Å². The molecular formula is C19H19NO5. The van der Waals surface area contributed by atoms with Gasteiger partial charge in [0.25, 0.3) is 0 Å². The molecule has 1 amide bonds. The van der Waals surface area contributed by atoms with E-state index in [1.807, 2.05) is 48.5 Å². The van der Waals surface area contributed by atoms with Gasteiger partial charge in [0.2, 0.25) is 0 Å². The van der Waals surface area contributed by atoms with E-state index >= 15 is 0 Å². The van der Waals surface area contributed by atoms with E-state index in [0.29, 0.717) is 0 Å². The number of aliphatic hydroxyl groups is 1. The zero-order valence-corrected chi connectivity index (χ0v) is 13.7. The van der Waals surface area contributed by atoms with Crippen molar-refractivity contribution in [2.24, 2.45) is 0 Å². The first-order valence-electron chi connectivity index (χ1n) is 8.01. The molecule has 0 saturated carbocycles. The Labute approximate surface area is 145 Å². The number of alkyl carbamates (subject to hydrolysis) is 1. The fraction of sp³-hybridized carbons (Fsp3) is 0.263. The number of benzene rings is 2. The number of rotatable bonds is 5. The Morgan fingerprint density at radius 1 is 1.08 bits per heavy atom. The molecule has 0 aromatic heterocycles. The highest BCUT2D eigenvalue weighted by molar-refractivity contribution is 5.81. The second kappa shape index (κ2) is 6.94. The van der Waals surface area contributed by atoms with Crippen LogP contribution < -0.4 is 5.32 Å². The monoisotopic (exact) mass is 341 g/mol. The number of amides is 1. The van der Waals surface area contributed by atoms with E-state index in [-0.39, 0.29) is 12.5 Å². The summed E-state index contributed by atoms with van der Waals surface area (Å²) < 4.78 is 5.25. The van der Waals surface area contributed by atoms with Gasteiger partial charge in [-0.2, -0.15) is 0 Å². The number of hydrogen-bond acceptors (Lipinski definition) is 4. The molecule has 2 atom stereocenters. The van der Waals surface area contributed by atoms with Crippen LogP contribution in [0, 0.1) is 0 Å². The molecule has 0 aliphatic heterocycles. The number of fused-ring (bicyclic) bond motifs is 3. The van der Waals surface area contributed by atoms with Crippen LogP contribution in [0.2, 0.25) is 0 Å². The van der Waals surface area contributed by atoms with Crippen molar-refractivity contribution in [3.8, 4) is 11.1 Å².